The predicted molar refractivity (Wildman–Crippen MR) is 137 cm³/mol. The molecule has 0 spiro atoms. The van der Waals surface area contributed by atoms with E-state index in [0.29, 0.717) is 12.2 Å². The second kappa shape index (κ2) is 10.0. The number of aryl methyl sites for hydroxylation is 1. The summed E-state index contributed by atoms with van der Waals surface area (Å²) in [5, 5.41) is 13.3. The summed E-state index contributed by atoms with van der Waals surface area (Å²) in [5.74, 6) is -0.127. The number of carbonyl (C=O) groups is 3. The van der Waals surface area contributed by atoms with Gasteiger partial charge in [-0.15, -0.1) is 11.8 Å². The Hall–Kier alpha value is -2.85. The van der Waals surface area contributed by atoms with Gasteiger partial charge < -0.3 is 20.9 Å². The van der Waals surface area contributed by atoms with E-state index in [1.54, 1.807) is 35.3 Å². The number of amides is 3. The normalized spacial score (nSPS) is 24.4. The van der Waals surface area contributed by atoms with Gasteiger partial charge in [-0.05, 0) is 66.1 Å². The average Bonchev–Trinajstić information content (AvgIpc) is 3.28. The number of thioether (sulfide) groups is 1. The largest absolute Gasteiger partial charge is 0.343 e. The molecule has 1 aromatic heterocycles. The second-order valence-corrected chi connectivity index (χ2v) is 11.6. The predicted octanol–water partition coefficient (Wildman–Crippen LogP) is 2.44. The number of fused-ring (bicyclic) bond motifs is 1. The third-order valence-electron chi connectivity index (χ3n) is 6.66. The van der Waals surface area contributed by atoms with E-state index in [0.717, 1.165) is 24.2 Å². The molecule has 35 heavy (non-hydrogen) atoms. The van der Waals surface area contributed by atoms with Crippen LogP contribution < -0.4 is 16.0 Å². The van der Waals surface area contributed by atoms with E-state index in [2.05, 4.69) is 21.0 Å². The minimum Gasteiger partial charge on any atom is -0.343 e. The number of nitrogens with zero attached hydrogens (tertiary/aromatic N) is 3. The molecule has 2 aliphatic rings. The van der Waals surface area contributed by atoms with Crippen LogP contribution in [0.2, 0.25) is 0 Å². The number of likely N-dealkylation sites (N-methyl/N-ethyl adjacent to an activating group) is 1. The first kappa shape index (κ1) is 25.2. The van der Waals surface area contributed by atoms with Gasteiger partial charge in [-0.3, -0.25) is 14.4 Å². The fraction of sp³-hybridized carbons (Fsp3) is 0.520. The maximum Gasteiger partial charge on any atom is 0.249 e. The minimum absolute atomic E-state index is 0.113. The molecule has 0 radical (unpaired) electrons. The molecule has 0 aliphatic carbocycles. The van der Waals surface area contributed by atoms with E-state index in [1.165, 1.54) is 0 Å². The van der Waals surface area contributed by atoms with Crippen molar-refractivity contribution in [1.82, 2.24) is 25.3 Å². The fourth-order valence-corrected chi connectivity index (χ4v) is 6.47. The summed E-state index contributed by atoms with van der Waals surface area (Å²) in [4.78, 5) is 41.7. The maximum absolute atomic E-state index is 13.8. The van der Waals surface area contributed by atoms with Crippen LogP contribution in [0.15, 0.2) is 36.4 Å². The molecule has 3 amide bonds. The molecule has 2 fully saturated rings. The molecule has 0 saturated carbocycles. The summed E-state index contributed by atoms with van der Waals surface area (Å²) in [6.45, 7) is 7.63. The lowest BCUT2D eigenvalue weighted by Gasteiger charge is -2.33. The van der Waals surface area contributed by atoms with Gasteiger partial charge in [0.05, 0.1) is 22.8 Å². The molecule has 1 unspecified atom stereocenters. The summed E-state index contributed by atoms with van der Waals surface area (Å²) >= 11 is 1.65. The van der Waals surface area contributed by atoms with Gasteiger partial charge in [-0.25, -0.2) is 4.68 Å². The SMILES string of the molecule is CN[C@@H](C)C(=O)NC1CCC[C@@H]2SC(C)(C)[C@@H](C(=O)Nc3cc(C)nn3-c3ccccc3)N2C1=O. The number of para-hydroxylation sites is 1. The number of hydrogen-bond acceptors (Lipinski definition) is 6. The average molecular weight is 499 g/mol. The first-order chi connectivity index (χ1) is 16.6. The minimum atomic E-state index is -0.691. The Bertz CT molecular complexity index is 1100. The first-order valence-corrected chi connectivity index (χ1v) is 12.9. The second-order valence-electron chi connectivity index (χ2n) is 9.73. The molecule has 3 heterocycles. The lowest BCUT2D eigenvalue weighted by atomic mass is 9.99. The van der Waals surface area contributed by atoms with Gasteiger partial charge in [0, 0.05) is 10.8 Å². The molecule has 3 N–H and O–H groups in total. The maximum atomic E-state index is 13.8. The van der Waals surface area contributed by atoms with E-state index in [4.69, 9.17) is 0 Å². The lowest BCUT2D eigenvalue weighted by Crippen LogP contribution is -2.58. The molecule has 2 aromatic rings. The van der Waals surface area contributed by atoms with Crippen molar-refractivity contribution in [1.29, 1.82) is 0 Å². The van der Waals surface area contributed by atoms with Crippen LogP contribution >= 0.6 is 11.8 Å². The molecule has 4 rings (SSSR count). The van der Waals surface area contributed by atoms with Crippen LogP contribution in [0.5, 0.6) is 0 Å². The van der Waals surface area contributed by atoms with Crippen LogP contribution in [-0.2, 0) is 14.4 Å². The Kier molecular flexibility index (Phi) is 7.23. The Morgan fingerprint density at radius 3 is 2.60 bits per heavy atom. The summed E-state index contributed by atoms with van der Waals surface area (Å²) < 4.78 is 1.20. The van der Waals surface area contributed by atoms with Crippen molar-refractivity contribution in [3.05, 3.63) is 42.1 Å². The zero-order chi connectivity index (χ0) is 25.3. The van der Waals surface area contributed by atoms with Crippen molar-refractivity contribution in [3.63, 3.8) is 0 Å². The van der Waals surface area contributed by atoms with Gasteiger partial charge in [0.2, 0.25) is 17.7 Å². The van der Waals surface area contributed by atoms with Crippen LogP contribution in [0.25, 0.3) is 5.69 Å². The smallest absolute Gasteiger partial charge is 0.249 e. The molecular formula is C25H34N6O3S. The summed E-state index contributed by atoms with van der Waals surface area (Å²) in [5.41, 5.74) is 1.61. The molecule has 188 valence electrons. The Morgan fingerprint density at radius 2 is 1.91 bits per heavy atom. The van der Waals surface area contributed by atoms with Gasteiger partial charge in [0.1, 0.15) is 17.9 Å². The zero-order valence-corrected chi connectivity index (χ0v) is 21.7. The number of anilines is 1. The van der Waals surface area contributed by atoms with Crippen molar-refractivity contribution >= 4 is 35.3 Å². The van der Waals surface area contributed by atoms with E-state index in [1.807, 2.05) is 57.2 Å². The van der Waals surface area contributed by atoms with Gasteiger partial charge in [0.15, 0.2) is 0 Å². The number of benzene rings is 1. The highest BCUT2D eigenvalue weighted by Crippen LogP contribution is 2.48. The van der Waals surface area contributed by atoms with E-state index < -0.39 is 22.9 Å². The number of aromatic nitrogens is 2. The fourth-order valence-electron chi connectivity index (χ4n) is 4.79. The van der Waals surface area contributed by atoms with Crippen LogP contribution in [0.3, 0.4) is 0 Å². The monoisotopic (exact) mass is 498 g/mol. The number of carbonyl (C=O) groups excluding carboxylic acids is 3. The van der Waals surface area contributed by atoms with Crippen LogP contribution in [0.1, 0.15) is 45.7 Å². The van der Waals surface area contributed by atoms with Crippen LogP contribution in [-0.4, -0.2) is 67.7 Å². The highest BCUT2D eigenvalue weighted by molar-refractivity contribution is 8.01. The zero-order valence-electron chi connectivity index (χ0n) is 20.9. The number of hydrogen-bond donors (Lipinski definition) is 3. The molecule has 4 atom stereocenters. The van der Waals surface area contributed by atoms with Gasteiger partial charge >= 0.3 is 0 Å². The van der Waals surface area contributed by atoms with Crippen LogP contribution in [0.4, 0.5) is 5.82 Å². The van der Waals surface area contributed by atoms with E-state index in [-0.39, 0.29) is 23.1 Å². The van der Waals surface area contributed by atoms with Crippen molar-refractivity contribution in [3.8, 4) is 5.69 Å². The number of rotatable bonds is 6. The van der Waals surface area contributed by atoms with E-state index in [9.17, 15) is 14.4 Å². The van der Waals surface area contributed by atoms with Crippen molar-refractivity contribution in [2.24, 2.45) is 0 Å². The lowest BCUT2D eigenvalue weighted by molar-refractivity contribution is -0.142. The summed E-state index contributed by atoms with van der Waals surface area (Å²) in [6.07, 6.45) is 2.13. The molecule has 10 heteroatoms. The highest BCUT2D eigenvalue weighted by Gasteiger charge is 2.54. The molecule has 0 bridgehead atoms. The van der Waals surface area contributed by atoms with Crippen molar-refractivity contribution in [2.75, 3.05) is 12.4 Å². The van der Waals surface area contributed by atoms with Crippen LogP contribution in [0, 0.1) is 6.92 Å². The van der Waals surface area contributed by atoms with Gasteiger partial charge in [-0.1, -0.05) is 18.2 Å². The summed E-state index contributed by atoms with van der Waals surface area (Å²) in [6, 6.07) is 9.67. The van der Waals surface area contributed by atoms with Gasteiger partial charge in [0.25, 0.3) is 0 Å². The molecular weight excluding hydrogens is 464 g/mol. The Balaban J connectivity index is 1.61. The first-order valence-electron chi connectivity index (χ1n) is 12.0. The van der Waals surface area contributed by atoms with Crippen molar-refractivity contribution < 1.29 is 14.4 Å². The topological polar surface area (TPSA) is 108 Å². The molecule has 9 nitrogen and oxygen atoms in total. The van der Waals surface area contributed by atoms with E-state index >= 15 is 0 Å². The molecule has 2 saturated heterocycles. The van der Waals surface area contributed by atoms with Crippen molar-refractivity contribution in [2.45, 2.75) is 75.2 Å². The quantitative estimate of drug-likeness (QED) is 0.565. The third kappa shape index (κ3) is 5.08. The molecule has 1 aromatic carbocycles. The van der Waals surface area contributed by atoms with Gasteiger partial charge in [-0.2, -0.15) is 5.10 Å². The summed E-state index contributed by atoms with van der Waals surface area (Å²) in [7, 11) is 1.71. The standard InChI is InChI=1S/C25H34N6O3S/c1-15-14-19(31(29-15)17-10-7-6-8-11-17)28-23(33)21-25(3,4)35-20-13-9-12-18(24(34)30(20)21)27-22(32)16(2)26-5/h6-8,10-11,14,16,18,20-21,26H,9,12-13H2,1-5H3,(H,27,32)(H,28,33)/t16-,18?,20-,21+/m0/s1. The highest BCUT2D eigenvalue weighted by atomic mass is 32.2. The third-order valence-corrected chi connectivity index (χ3v) is 8.22. The Morgan fingerprint density at radius 1 is 1.20 bits per heavy atom. The number of nitrogens with one attached hydrogen (secondary N) is 3. The Labute approximate surface area is 210 Å². The molecule has 2 aliphatic heterocycles.